The van der Waals surface area contributed by atoms with Crippen LogP contribution < -0.4 is 0 Å². The number of fused-ring (bicyclic) bond motifs is 3. The Hall–Kier alpha value is -0.710. The van der Waals surface area contributed by atoms with Gasteiger partial charge in [-0.05, 0) is 38.5 Å². The molecule has 2 aliphatic carbocycles. The van der Waals surface area contributed by atoms with Crippen molar-refractivity contribution in [1.82, 2.24) is 0 Å². The van der Waals surface area contributed by atoms with Crippen LogP contribution in [-0.4, -0.2) is 39.9 Å². The number of rotatable bonds is 2. The van der Waals surface area contributed by atoms with Gasteiger partial charge in [-0.2, -0.15) is 0 Å². The quantitative estimate of drug-likeness (QED) is 0.761. The Labute approximate surface area is 145 Å². The molecule has 0 aromatic carbocycles. The second-order valence-electron chi connectivity index (χ2n) is 9.29. The Morgan fingerprint density at radius 1 is 1.29 bits per heavy atom. The van der Waals surface area contributed by atoms with E-state index < -0.39 is 28.1 Å². The maximum atomic E-state index is 13.1. The predicted octanol–water partition coefficient (Wildman–Crippen LogP) is 2.87. The molecule has 2 N–H and O–H groups in total. The minimum atomic E-state index is -0.648. The predicted molar refractivity (Wildman–Crippen MR) is 92.5 cm³/mol. The number of hydrogen-bond acceptors (Lipinski definition) is 4. The van der Waals surface area contributed by atoms with E-state index in [1.54, 1.807) is 0 Å². The molecule has 1 aliphatic heterocycles. The Bertz CT molecular complexity index is 560. The van der Waals surface area contributed by atoms with Gasteiger partial charge in [-0.25, -0.2) is 0 Å². The molecule has 4 nitrogen and oxygen atoms in total. The van der Waals surface area contributed by atoms with Crippen LogP contribution in [0, 0.1) is 22.7 Å². The van der Waals surface area contributed by atoms with Crippen molar-refractivity contribution in [2.45, 2.75) is 77.1 Å². The summed E-state index contributed by atoms with van der Waals surface area (Å²) in [6.07, 6.45) is 4.53. The minimum Gasteiger partial charge on any atom is -0.396 e. The summed E-state index contributed by atoms with van der Waals surface area (Å²) in [6.45, 7) is 12.0. The SMILES string of the molecule is C=C[C@@]1(C)CC[C@H]2[C@@](C)(C[C@@H](O)C3[C@](C)(CO)CCC(=O)[C@@]32C)O1. The summed E-state index contributed by atoms with van der Waals surface area (Å²) in [5, 5.41) is 21.1. The molecule has 0 spiro atoms. The van der Waals surface area contributed by atoms with Gasteiger partial charge in [-0.15, -0.1) is 6.58 Å². The fourth-order valence-corrected chi connectivity index (χ4v) is 6.36. The highest BCUT2D eigenvalue weighted by atomic mass is 16.5. The highest BCUT2D eigenvalue weighted by Crippen LogP contribution is 2.64. The molecule has 1 unspecified atom stereocenters. The van der Waals surface area contributed by atoms with Crippen molar-refractivity contribution < 1.29 is 19.7 Å². The first-order valence-electron chi connectivity index (χ1n) is 9.21. The molecule has 3 rings (SSSR count). The zero-order valence-electron chi connectivity index (χ0n) is 15.5. The first kappa shape index (κ1) is 18.1. The zero-order chi connectivity index (χ0) is 18.0. The van der Waals surface area contributed by atoms with Crippen LogP contribution in [0.15, 0.2) is 12.7 Å². The van der Waals surface area contributed by atoms with E-state index in [0.29, 0.717) is 19.3 Å². The second-order valence-corrected chi connectivity index (χ2v) is 9.29. The molecule has 7 atom stereocenters. The van der Waals surface area contributed by atoms with Gasteiger partial charge >= 0.3 is 0 Å². The normalized spacial score (nSPS) is 54.8. The van der Waals surface area contributed by atoms with Gasteiger partial charge in [-0.3, -0.25) is 4.79 Å². The summed E-state index contributed by atoms with van der Waals surface area (Å²) in [5.41, 5.74) is -2.02. The summed E-state index contributed by atoms with van der Waals surface area (Å²) < 4.78 is 6.46. The number of Topliss-reactive ketones (excluding diaryl/α,β-unsaturated/α-hetero) is 1. The standard InChI is InChI=1S/C20H32O4/c1-6-18(3)10-7-14-19(4,24-18)11-13(22)16-17(2,12-21)9-8-15(23)20(14,16)5/h6,13-14,16,21-22H,1,7-12H2,2-5H3/t13-,14+,16?,17+,18+,19-,20+/m1/s1. The van der Waals surface area contributed by atoms with Crippen LogP contribution >= 0.6 is 0 Å². The van der Waals surface area contributed by atoms with E-state index in [2.05, 4.69) is 6.58 Å². The number of carbonyl (C=O) groups excluding carboxylic acids is 1. The van der Waals surface area contributed by atoms with Crippen molar-refractivity contribution in [3.05, 3.63) is 12.7 Å². The van der Waals surface area contributed by atoms with Crippen LogP contribution in [-0.2, 0) is 9.53 Å². The summed E-state index contributed by atoms with van der Waals surface area (Å²) in [4.78, 5) is 13.1. The van der Waals surface area contributed by atoms with E-state index in [1.807, 2.05) is 33.8 Å². The maximum absolute atomic E-state index is 13.1. The molecule has 1 saturated heterocycles. The lowest BCUT2D eigenvalue weighted by atomic mass is 9.43. The van der Waals surface area contributed by atoms with Crippen molar-refractivity contribution >= 4 is 5.78 Å². The van der Waals surface area contributed by atoms with E-state index in [9.17, 15) is 15.0 Å². The lowest BCUT2D eigenvalue weighted by Gasteiger charge is -2.65. The van der Waals surface area contributed by atoms with E-state index in [4.69, 9.17) is 4.74 Å². The Kier molecular flexibility index (Phi) is 4.06. The largest absolute Gasteiger partial charge is 0.396 e. The molecule has 0 aromatic heterocycles. The third kappa shape index (κ3) is 2.26. The van der Waals surface area contributed by atoms with Crippen LogP contribution in [0.5, 0.6) is 0 Å². The number of ether oxygens (including phenoxy) is 1. The summed E-state index contributed by atoms with van der Waals surface area (Å²) in [6, 6.07) is 0. The fourth-order valence-electron chi connectivity index (χ4n) is 6.36. The molecule has 0 aromatic rings. The van der Waals surface area contributed by atoms with Crippen LogP contribution in [0.3, 0.4) is 0 Å². The highest BCUT2D eigenvalue weighted by molar-refractivity contribution is 5.86. The average molecular weight is 336 g/mol. The van der Waals surface area contributed by atoms with E-state index in [0.717, 1.165) is 12.8 Å². The first-order chi connectivity index (χ1) is 11.0. The molecule has 136 valence electrons. The lowest BCUT2D eigenvalue weighted by Crippen LogP contribution is -2.69. The average Bonchev–Trinajstić information content (AvgIpc) is 2.50. The van der Waals surface area contributed by atoms with Crippen molar-refractivity contribution in [1.29, 1.82) is 0 Å². The van der Waals surface area contributed by atoms with Crippen LogP contribution in [0.25, 0.3) is 0 Å². The van der Waals surface area contributed by atoms with Crippen molar-refractivity contribution in [2.24, 2.45) is 22.7 Å². The molecule has 3 fully saturated rings. The monoisotopic (exact) mass is 336 g/mol. The van der Waals surface area contributed by atoms with Crippen molar-refractivity contribution in [3.63, 3.8) is 0 Å². The van der Waals surface area contributed by atoms with Gasteiger partial charge in [0, 0.05) is 36.7 Å². The molecule has 0 bridgehead atoms. The fraction of sp³-hybridized carbons (Fsp3) is 0.850. The third-order valence-electron chi connectivity index (χ3n) is 7.57. The first-order valence-corrected chi connectivity index (χ1v) is 9.21. The molecule has 2 saturated carbocycles. The van der Waals surface area contributed by atoms with Crippen molar-refractivity contribution in [2.75, 3.05) is 6.61 Å². The maximum Gasteiger partial charge on any atom is 0.139 e. The zero-order valence-corrected chi connectivity index (χ0v) is 15.5. The molecule has 0 amide bonds. The van der Waals surface area contributed by atoms with E-state index in [1.165, 1.54) is 0 Å². The summed E-state index contributed by atoms with van der Waals surface area (Å²) in [7, 11) is 0. The number of hydrogen-bond donors (Lipinski definition) is 2. The van der Waals surface area contributed by atoms with Gasteiger partial charge < -0.3 is 14.9 Å². The summed E-state index contributed by atoms with van der Waals surface area (Å²) in [5.74, 6) is 0.0651. The van der Waals surface area contributed by atoms with Crippen LogP contribution in [0.4, 0.5) is 0 Å². The molecule has 3 aliphatic rings. The van der Waals surface area contributed by atoms with E-state index in [-0.39, 0.29) is 24.2 Å². The van der Waals surface area contributed by atoms with Gasteiger partial charge in [0.05, 0.1) is 17.3 Å². The number of aliphatic hydroxyl groups is 2. The molecular formula is C20H32O4. The number of aliphatic hydroxyl groups excluding tert-OH is 2. The van der Waals surface area contributed by atoms with Gasteiger partial charge in [0.1, 0.15) is 5.78 Å². The molecule has 24 heavy (non-hydrogen) atoms. The third-order valence-corrected chi connectivity index (χ3v) is 7.57. The second kappa shape index (κ2) is 5.39. The number of ketones is 1. The van der Waals surface area contributed by atoms with Gasteiger partial charge in [0.25, 0.3) is 0 Å². The van der Waals surface area contributed by atoms with Crippen LogP contribution in [0.1, 0.15) is 59.8 Å². The Morgan fingerprint density at radius 3 is 2.54 bits per heavy atom. The van der Waals surface area contributed by atoms with Crippen LogP contribution in [0.2, 0.25) is 0 Å². The van der Waals surface area contributed by atoms with Gasteiger partial charge in [0.2, 0.25) is 0 Å². The number of carbonyl (C=O) groups is 1. The molecule has 4 heteroatoms. The summed E-state index contributed by atoms with van der Waals surface area (Å²) >= 11 is 0. The van der Waals surface area contributed by atoms with Crippen molar-refractivity contribution in [3.8, 4) is 0 Å². The molecular weight excluding hydrogens is 304 g/mol. The van der Waals surface area contributed by atoms with Gasteiger partial charge in [-0.1, -0.05) is 19.9 Å². The lowest BCUT2D eigenvalue weighted by molar-refractivity contribution is -0.271. The minimum absolute atomic E-state index is 0.00621. The topological polar surface area (TPSA) is 66.8 Å². The smallest absolute Gasteiger partial charge is 0.139 e. The van der Waals surface area contributed by atoms with Gasteiger partial charge in [0.15, 0.2) is 0 Å². The Balaban J connectivity index is 2.08. The molecule has 1 heterocycles. The molecule has 0 radical (unpaired) electrons. The Morgan fingerprint density at radius 2 is 1.96 bits per heavy atom. The highest BCUT2D eigenvalue weighted by Gasteiger charge is 2.67. The van der Waals surface area contributed by atoms with E-state index >= 15 is 0 Å².